The molecule has 2 nitrogen and oxygen atoms in total. The lowest BCUT2D eigenvalue weighted by Gasteiger charge is -1.98. The average molecular weight is 151 g/mol. The first-order chi connectivity index (χ1) is 5.43. The Hall–Kier alpha value is -0.890. The maximum atomic E-state index is 4.95. The molecule has 0 aromatic rings. The molecule has 0 saturated heterocycles. The molecule has 0 fully saturated rings. The van der Waals surface area contributed by atoms with Gasteiger partial charge in [0.25, 0.3) is 0 Å². The van der Waals surface area contributed by atoms with E-state index in [0.717, 1.165) is 25.1 Å². The minimum Gasteiger partial charge on any atom is -0.384 e. The Kier molecular flexibility index (Phi) is 3.62. The van der Waals surface area contributed by atoms with E-state index in [0.29, 0.717) is 0 Å². The van der Waals surface area contributed by atoms with Crippen molar-refractivity contribution in [3.63, 3.8) is 0 Å². The van der Waals surface area contributed by atoms with Crippen LogP contribution >= 0.6 is 0 Å². The molecule has 1 rings (SSSR count). The first kappa shape index (κ1) is 8.21. The Morgan fingerprint density at radius 1 is 1.64 bits per heavy atom. The second-order valence-electron chi connectivity index (χ2n) is 2.38. The zero-order chi connectivity index (χ0) is 7.94. The Morgan fingerprint density at radius 3 is 3.36 bits per heavy atom. The van der Waals surface area contributed by atoms with Gasteiger partial charge in [-0.15, -0.1) is 0 Å². The molecule has 1 heterocycles. The minimum absolute atomic E-state index is 0.753. The third kappa shape index (κ3) is 3.14. The highest BCUT2D eigenvalue weighted by atomic mass is 16.5. The van der Waals surface area contributed by atoms with E-state index in [1.165, 1.54) is 0 Å². The highest BCUT2D eigenvalue weighted by molar-refractivity contribution is 5.72. The molecule has 0 atom stereocenters. The molecule has 0 spiro atoms. The fourth-order valence-corrected chi connectivity index (χ4v) is 0.908. The number of methoxy groups -OCH3 is 1. The predicted octanol–water partition coefficient (Wildman–Crippen LogP) is 1.94. The van der Waals surface area contributed by atoms with Crippen molar-refractivity contribution in [2.45, 2.75) is 12.8 Å². The van der Waals surface area contributed by atoms with Crippen LogP contribution in [0.3, 0.4) is 0 Å². The number of rotatable bonds is 3. The molecule has 0 unspecified atom stereocenters. The lowest BCUT2D eigenvalue weighted by atomic mass is 10.3. The minimum atomic E-state index is 0.753. The van der Waals surface area contributed by atoms with Crippen molar-refractivity contribution in [2.24, 2.45) is 4.99 Å². The summed E-state index contributed by atoms with van der Waals surface area (Å²) >= 11 is 0. The van der Waals surface area contributed by atoms with Crippen molar-refractivity contribution in [3.05, 3.63) is 23.9 Å². The highest BCUT2D eigenvalue weighted by Crippen LogP contribution is 2.06. The fourth-order valence-electron chi connectivity index (χ4n) is 0.908. The van der Waals surface area contributed by atoms with E-state index in [-0.39, 0.29) is 0 Å². The number of allylic oxidation sites excluding steroid dienone is 3. The van der Waals surface area contributed by atoms with Crippen LogP contribution in [0.4, 0.5) is 0 Å². The van der Waals surface area contributed by atoms with E-state index in [2.05, 4.69) is 17.1 Å². The van der Waals surface area contributed by atoms with Crippen molar-refractivity contribution < 1.29 is 4.74 Å². The lowest BCUT2D eigenvalue weighted by Crippen LogP contribution is -1.89. The molecule has 60 valence electrons. The van der Waals surface area contributed by atoms with Gasteiger partial charge in [0.2, 0.25) is 0 Å². The summed E-state index contributed by atoms with van der Waals surface area (Å²) < 4.78 is 4.95. The number of aliphatic imine (C=N–C) groups is 1. The Morgan fingerprint density at radius 2 is 2.55 bits per heavy atom. The van der Waals surface area contributed by atoms with E-state index < -0.39 is 0 Å². The molecule has 0 N–H and O–H groups in total. The third-order valence-electron chi connectivity index (χ3n) is 1.51. The lowest BCUT2D eigenvalue weighted by molar-refractivity contribution is 0.202. The van der Waals surface area contributed by atoms with Gasteiger partial charge in [-0.3, -0.25) is 4.99 Å². The van der Waals surface area contributed by atoms with Crippen LogP contribution in [0.5, 0.6) is 0 Å². The molecule has 11 heavy (non-hydrogen) atoms. The van der Waals surface area contributed by atoms with Gasteiger partial charge in [0, 0.05) is 25.4 Å². The van der Waals surface area contributed by atoms with Crippen LogP contribution in [0.15, 0.2) is 28.9 Å². The molecule has 0 saturated carbocycles. The second-order valence-corrected chi connectivity index (χ2v) is 2.38. The zero-order valence-electron chi connectivity index (χ0n) is 6.79. The van der Waals surface area contributed by atoms with E-state index >= 15 is 0 Å². The van der Waals surface area contributed by atoms with Crippen LogP contribution in [0.2, 0.25) is 0 Å². The van der Waals surface area contributed by atoms with Crippen molar-refractivity contribution in [1.29, 1.82) is 0 Å². The summed E-state index contributed by atoms with van der Waals surface area (Å²) in [6, 6.07) is 0. The van der Waals surface area contributed by atoms with Gasteiger partial charge < -0.3 is 4.74 Å². The summed E-state index contributed by atoms with van der Waals surface area (Å²) in [7, 11) is 1.71. The van der Waals surface area contributed by atoms with Gasteiger partial charge in [0.15, 0.2) is 0 Å². The number of ether oxygens (including phenoxy) is 1. The largest absolute Gasteiger partial charge is 0.384 e. The summed E-state index contributed by atoms with van der Waals surface area (Å²) in [6.45, 7) is 0.753. The molecular formula is C9H13NO. The van der Waals surface area contributed by atoms with E-state index in [4.69, 9.17) is 4.74 Å². The molecular weight excluding hydrogens is 138 g/mol. The number of hydrogen-bond acceptors (Lipinski definition) is 2. The highest BCUT2D eigenvalue weighted by Gasteiger charge is 1.93. The summed E-state index contributed by atoms with van der Waals surface area (Å²) in [4.78, 5) is 4.23. The monoisotopic (exact) mass is 151 g/mol. The smallest absolute Gasteiger partial charge is 0.0517 e. The molecule has 0 aromatic heterocycles. The topological polar surface area (TPSA) is 21.6 Å². The molecule has 2 heteroatoms. The van der Waals surface area contributed by atoms with E-state index in [9.17, 15) is 0 Å². The second kappa shape index (κ2) is 4.85. The maximum absolute atomic E-state index is 4.95. The molecule has 1 aliphatic rings. The van der Waals surface area contributed by atoms with Gasteiger partial charge in [0.05, 0.1) is 6.61 Å². The molecule has 0 amide bonds. The molecule has 0 bridgehead atoms. The first-order valence-corrected chi connectivity index (χ1v) is 3.80. The summed E-state index contributed by atoms with van der Waals surface area (Å²) in [5, 5.41) is 0. The van der Waals surface area contributed by atoms with Gasteiger partial charge in [-0.05, 0) is 12.5 Å². The molecule has 1 aliphatic heterocycles. The van der Waals surface area contributed by atoms with Crippen molar-refractivity contribution in [1.82, 2.24) is 0 Å². The van der Waals surface area contributed by atoms with Crippen molar-refractivity contribution >= 4 is 6.21 Å². The summed E-state index contributed by atoms with van der Waals surface area (Å²) in [6.07, 6.45) is 9.90. The van der Waals surface area contributed by atoms with Gasteiger partial charge in [-0.1, -0.05) is 12.2 Å². The normalized spacial score (nSPS) is 16.3. The summed E-state index contributed by atoms with van der Waals surface area (Å²) in [5.41, 5.74) is 1.12. The SMILES string of the molecule is COCCC1=CCC=CC=N1. The Bertz CT molecular complexity index is 192. The van der Waals surface area contributed by atoms with Gasteiger partial charge in [-0.25, -0.2) is 0 Å². The van der Waals surface area contributed by atoms with Crippen LogP contribution in [0, 0.1) is 0 Å². The van der Waals surface area contributed by atoms with Gasteiger partial charge >= 0.3 is 0 Å². The van der Waals surface area contributed by atoms with Crippen LogP contribution < -0.4 is 0 Å². The molecule has 0 aromatic carbocycles. The zero-order valence-corrected chi connectivity index (χ0v) is 6.79. The number of nitrogens with zero attached hydrogens (tertiary/aromatic N) is 1. The third-order valence-corrected chi connectivity index (χ3v) is 1.51. The van der Waals surface area contributed by atoms with Gasteiger partial charge in [-0.2, -0.15) is 0 Å². The molecule has 0 aliphatic carbocycles. The first-order valence-electron chi connectivity index (χ1n) is 3.80. The van der Waals surface area contributed by atoms with Crippen LogP contribution in [0.1, 0.15) is 12.8 Å². The number of hydrogen-bond donors (Lipinski definition) is 0. The molecule has 0 radical (unpaired) electrons. The predicted molar refractivity (Wildman–Crippen MR) is 46.8 cm³/mol. The fraction of sp³-hybridized carbons (Fsp3) is 0.444. The Balaban J connectivity index is 2.38. The standard InChI is InChI=1S/C9H13NO/c1-11-8-6-9-5-3-2-4-7-10-9/h2,4-5,7H,3,6,8H2,1H3. The van der Waals surface area contributed by atoms with Crippen LogP contribution in [-0.4, -0.2) is 19.9 Å². The average Bonchev–Trinajstić information content (AvgIpc) is 2.28. The summed E-state index contributed by atoms with van der Waals surface area (Å²) in [5.74, 6) is 0. The van der Waals surface area contributed by atoms with E-state index in [1.54, 1.807) is 7.11 Å². The van der Waals surface area contributed by atoms with Crippen LogP contribution in [-0.2, 0) is 4.74 Å². The van der Waals surface area contributed by atoms with Crippen LogP contribution in [0.25, 0.3) is 0 Å². The van der Waals surface area contributed by atoms with Crippen molar-refractivity contribution in [3.8, 4) is 0 Å². The van der Waals surface area contributed by atoms with Crippen molar-refractivity contribution in [2.75, 3.05) is 13.7 Å². The van der Waals surface area contributed by atoms with Gasteiger partial charge in [0.1, 0.15) is 0 Å². The maximum Gasteiger partial charge on any atom is 0.0517 e. The Labute approximate surface area is 67.3 Å². The van der Waals surface area contributed by atoms with E-state index in [1.807, 2.05) is 12.3 Å². The quantitative estimate of drug-likeness (QED) is 0.604.